The quantitative estimate of drug-likeness (QED) is 0.665. The minimum absolute atomic E-state index is 0.241. The van der Waals surface area contributed by atoms with Gasteiger partial charge in [0.1, 0.15) is 0 Å². The van der Waals surface area contributed by atoms with Gasteiger partial charge in [-0.25, -0.2) is 0 Å². The monoisotopic (exact) mass is 289 g/mol. The highest BCUT2D eigenvalue weighted by molar-refractivity contribution is 5.27. The highest BCUT2D eigenvalue weighted by Gasteiger charge is 2.12. The van der Waals surface area contributed by atoms with E-state index in [-0.39, 0.29) is 5.54 Å². The van der Waals surface area contributed by atoms with Gasteiger partial charge in [0.05, 0.1) is 0 Å². The van der Waals surface area contributed by atoms with Crippen LogP contribution in [0.5, 0.6) is 0 Å². The van der Waals surface area contributed by atoms with Crippen LogP contribution < -0.4 is 5.32 Å². The molecule has 0 bridgehead atoms. The van der Waals surface area contributed by atoms with Crippen molar-refractivity contribution in [3.63, 3.8) is 0 Å². The van der Waals surface area contributed by atoms with E-state index in [0.29, 0.717) is 5.41 Å². The van der Waals surface area contributed by atoms with Crippen molar-refractivity contribution in [1.29, 1.82) is 0 Å². The van der Waals surface area contributed by atoms with E-state index in [9.17, 15) is 0 Å². The fourth-order valence-corrected chi connectivity index (χ4v) is 2.46. The number of unbranched alkanes of at least 4 members (excludes halogenated alkanes) is 1. The lowest BCUT2D eigenvalue weighted by molar-refractivity contribution is 0.377. The Balaban J connectivity index is 2.41. The lowest BCUT2D eigenvalue weighted by Crippen LogP contribution is -2.36. The molecule has 0 unspecified atom stereocenters. The van der Waals surface area contributed by atoms with Gasteiger partial charge in [-0.05, 0) is 76.0 Å². The van der Waals surface area contributed by atoms with Crippen LogP contribution in [0.3, 0.4) is 0 Å². The summed E-state index contributed by atoms with van der Waals surface area (Å²) in [5, 5.41) is 3.57. The number of rotatable bonds is 7. The molecule has 0 saturated carbocycles. The van der Waals surface area contributed by atoms with Crippen LogP contribution in [-0.2, 0) is 12.8 Å². The summed E-state index contributed by atoms with van der Waals surface area (Å²) >= 11 is 0. The summed E-state index contributed by atoms with van der Waals surface area (Å²) in [5.41, 5.74) is 3.77. The Bertz CT molecular complexity index is 407. The van der Waals surface area contributed by atoms with E-state index in [1.54, 1.807) is 11.1 Å². The molecule has 0 aliphatic heterocycles. The van der Waals surface area contributed by atoms with Crippen LogP contribution in [0.4, 0.5) is 0 Å². The molecule has 1 rings (SSSR count). The van der Waals surface area contributed by atoms with Crippen molar-refractivity contribution < 1.29 is 0 Å². The van der Waals surface area contributed by atoms with Gasteiger partial charge in [0.2, 0.25) is 0 Å². The van der Waals surface area contributed by atoms with Gasteiger partial charge in [0, 0.05) is 5.54 Å². The van der Waals surface area contributed by atoms with Crippen molar-refractivity contribution in [1.82, 2.24) is 5.32 Å². The Morgan fingerprint density at radius 1 is 0.810 bits per heavy atom. The van der Waals surface area contributed by atoms with Crippen molar-refractivity contribution in [2.75, 3.05) is 6.54 Å². The SMILES string of the molecule is CC(C)(C)CCc1ccccc1CCCCNC(C)(C)C. The molecular weight excluding hydrogens is 254 g/mol. The van der Waals surface area contributed by atoms with Gasteiger partial charge in [-0.15, -0.1) is 0 Å². The molecule has 0 spiro atoms. The van der Waals surface area contributed by atoms with Gasteiger partial charge in [0.25, 0.3) is 0 Å². The smallest absolute Gasteiger partial charge is 0.00965 e. The van der Waals surface area contributed by atoms with E-state index in [4.69, 9.17) is 0 Å². The summed E-state index contributed by atoms with van der Waals surface area (Å²) < 4.78 is 0. The van der Waals surface area contributed by atoms with Gasteiger partial charge in [-0.1, -0.05) is 45.0 Å². The van der Waals surface area contributed by atoms with Gasteiger partial charge in [-0.2, -0.15) is 0 Å². The minimum Gasteiger partial charge on any atom is -0.312 e. The maximum atomic E-state index is 3.57. The average Bonchev–Trinajstić information content (AvgIpc) is 2.35. The number of aryl methyl sites for hydroxylation is 2. The molecule has 1 nitrogen and oxygen atoms in total. The average molecular weight is 290 g/mol. The molecule has 1 aromatic carbocycles. The lowest BCUT2D eigenvalue weighted by atomic mass is 9.87. The summed E-state index contributed by atoms with van der Waals surface area (Å²) in [5.74, 6) is 0. The summed E-state index contributed by atoms with van der Waals surface area (Å²) in [4.78, 5) is 0. The Morgan fingerprint density at radius 2 is 1.38 bits per heavy atom. The van der Waals surface area contributed by atoms with E-state index in [1.165, 1.54) is 32.1 Å². The van der Waals surface area contributed by atoms with Gasteiger partial charge in [0.15, 0.2) is 0 Å². The van der Waals surface area contributed by atoms with Crippen molar-refractivity contribution in [2.24, 2.45) is 5.41 Å². The van der Waals surface area contributed by atoms with Crippen molar-refractivity contribution in [3.8, 4) is 0 Å². The molecule has 0 aliphatic carbocycles. The zero-order valence-electron chi connectivity index (χ0n) is 15.1. The predicted molar refractivity (Wildman–Crippen MR) is 94.9 cm³/mol. The highest BCUT2D eigenvalue weighted by Crippen LogP contribution is 2.23. The zero-order chi connectivity index (χ0) is 15.9. The van der Waals surface area contributed by atoms with Crippen LogP contribution in [-0.4, -0.2) is 12.1 Å². The van der Waals surface area contributed by atoms with E-state index in [0.717, 1.165) is 6.54 Å². The van der Waals surface area contributed by atoms with Crippen LogP contribution >= 0.6 is 0 Å². The van der Waals surface area contributed by atoms with Crippen LogP contribution in [0.1, 0.15) is 71.9 Å². The predicted octanol–water partition coefficient (Wildman–Crippen LogP) is 5.38. The van der Waals surface area contributed by atoms with Gasteiger partial charge in [-0.3, -0.25) is 0 Å². The molecule has 0 aliphatic rings. The van der Waals surface area contributed by atoms with E-state index < -0.39 is 0 Å². The van der Waals surface area contributed by atoms with Crippen molar-refractivity contribution in [2.45, 2.75) is 79.2 Å². The fourth-order valence-electron chi connectivity index (χ4n) is 2.46. The summed E-state index contributed by atoms with van der Waals surface area (Å²) in [6.07, 6.45) is 6.21. The molecule has 120 valence electrons. The number of benzene rings is 1. The van der Waals surface area contributed by atoms with Gasteiger partial charge >= 0.3 is 0 Å². The third-order valence-electron chi connectivity index (χ3n) is 3.79. The largest absolute Gasteiger partial charge is 0.312 e. The maximum absolute atomic E-state index is 3.57. The Kier molecular flexibility index (Phi) is 6.93. The first-order valence-corrected chi connectivity index (χ1v) is 8.49. The first kappa shape index (κ1) is 18.2. The first-order valence-electron chi connectivity index (χ1n) is 8.49. The number of hydrogen-bond acceptors (Lipinski definition) is 1. The third-order valence-corrected chi connectivity index (χ3v) is 3.79. The Labute approximate surface area is 132 Å². The zero-order valence-corrected chi connectivity index (χ0v) is 15.1. The molecule has 0 heterocycles. The highest BCUT2D eigenvalue weighted by atomic mass is 14.9. The van der Waals surface area contributed by atoms with E-state index in [1.807, 2.05) is 0 Å². The topological polar surface area (TPSA) is 12.0 Å². The fraction of sp³-hybridized carbons (Fsp3) is 0.700. The molecular formula is C20H35N. The summed E-state index contributed by atoms with van der Waals surface area (Å²) in [6.45, 7) is 14.8. The number of hydrogen-bond donors (Lipinski definition) is 1. The molecule has 0 saturated heterocycles. The maximum Gasteiger partial charge on any atom is 0.00965 e. The van der Waals surface area contributed by atoms with Gasteiger partial charge < -0.3 is 5.32 Å². The van der Waals surface area contributed by atoms with Crippen LogP contribution in [0.25, 0.3) is 0 Å². The third kappa shape index (κ3) is 8.93. The molecule has 0 amide bonds. The van der Waals surface area contributed by atoms with Crippen molar-refractivity contribution >= 4 is 0 Å². The summed E-state index contributed by atoms with van der Waals surface area (Å²) in [7, 11) is 0. The van der Waals surface area contributed by atoms with E-state index >= 15 is 0 Å². The minimum atomic E-state index is 0.241. The summed E-state index contributed by atoms with van der Waals surface area (Å²) in [6, 6.07) is 9.00. The molecule has 21 heavy (non-hydrogen) atoms. The number of nitrogens with one attached hydrogen (secondary N) is 1. The Hall–Kier alpha value is -0.820. The van der Waals surface area contributed by atoms with Crippen molar-refractivity contribution in [3.05, 3.63) is 35.4 Å². The van der Waals surface area contributed by atoms with Crippen LogP contribution in [0.2, 0.25) is 0 Å². The molecule has 1 aromatic rings. The molecule has 1 heteroatoms. The van der Waals surface area contributed by atoms with Crippen LogP contribution in [0, 0.1) is 5.41 Å². The standard InChI is InChI=1S/C20H35N/c1-19(2,3)15-14-18-12-8-7-11-17(18)13-9-10-16-21-20(4,5)6/h7-8,11-12,21H,9-10,13-16H2,1-6H3. The van der Waals surface area contributed by atoms with Crippen LogP contribution in [0.15, 0.2) is 24.3 Å². The molecule has 0 fully saturated rings. The van der Waals surface area contributed by atoms with E-state index in [2.05, 4.69) is 71.1 Å². The molecule has 0 aromatic heterocycles. The Morgan fingerprint density at radius 3 is 1.90 bits per heavy atom. The second kappa shape index (κ2) is 7.98. The second-order valence-corrected chi connectivity index (χ2v) is 8.46. The second-order valence-electron chi connectivity index (χ2n) is 8.46. The molecule has 0 atom stereocenters. The normalized spacial score (nSPS) is 12.7. The molecule has 1 N–H and O–H groups in total. The lowest BCUT2D eigenvalue weighted by Gasteiger charge is -2.20. The molecule has 0 radical (unpaired) electrons. The first-order chi connectivity index (χ1) is 9.67.